The van der Waals surface area contributed by atoms with Gasteiger partial charge in [0.2, 0.25) is 0 Å². The molecule has 0 spiro atoms. The minimum Gasteiger partial charge on any atom is -0.496 e. The molecule has 0 fully saturated rings. The van der Waals surface area contributed by atoms with Gasteiger partial charge in [-0.1, -0.05) is 17.7 Å². The molecule has 0 saturated heterocycles. The lowest BCUT2D eigenvalue weighted by Gasteiger charge is -2.08. The molecule has 0 radical (unpaired) electrons. The Hall–Kier alpha value is -2.53. The van der Waals surface area contributed by atoms with Crippen molar-refractivity contribution in [1.82, 2.24) is 4.98 Å². The first-order chi connectivity index (χ1) is 10.6. The lowest BCUT2D eigenvalue weighted by molar-refractivity contribution is 0.0597. The van der Waals surface area contributed by atoms with E-state index in [0.29, 0.717) is 33.2 Å². The summed E-state index contributed by atoms with van der Waals surface area (Å²) < 4.78 is 15.7. The van der Waals surface area contributed by atoms with Gasteiger partial charge in [-0.25, -0.2) is 4.79 Å². The Bertz CT molecular complexity index is 856. The van der Waals surface area contributed by atoms with Gasteiger partial charge in [0, 0.05) is 17.8 Å². The molecule has 0 saturated carbocycles. The summed E-state index contributed by atoms with van der Waals surface area (Å²) in [7, 11) is 2.81. The van der Waals surface area contributed by atoms with E-state index in [1.807, 2.05) is 0 Å². The summed E-state index contributed by atoms with van der Waals surface area (Å²) in [5.41, 5.74) is 2.29. The average Bonchev–Trinajstić information content (AvgIpc) is 2.99. The standard InChI is InChI=1S/C16H12ClNO4/c1-20-14-7-9(3-4-10(14)16(19)21-2)13-8-12-15(22-13)11(17)5-6-18-12/h3-8H,1-2H3. The molecule has 0 N–H and O–H groups in total. The van der Waals surface area contributed by atoms with Crippen LogP contribution in [-0.4, -0.2) is 25.2 Å². The molecule has 0 unspecified atom stereocenters. The number of nitrogens with zero attached hydrogens (tertiary/aromatic N) is 1. The minimum atomic E-state index is -0.460. The molecule has 0 amide bonds. The number of hydrogen-bond acceptors (Lipinski definition) is 5. The highest BCUT2D eigenvalue weighted by Crippen LogP contribution is 2.33. The second-order valence-corrected chi connectivity index (χ2v) is 4.93. The molecule has 2 heterocycles. The van der Waals surface area contributed by atoms with Crippen LogP contribution < -0.4 is 4.74 Å². The monoisotopic (exact) mass is 317 g/mol. The molecule has 3 rings (SSSR count). The maximum atomic E-state index is 11.7. The van der Waals surface area contributed by atoms with Crippen LogP contribution in [-0.2, 0) is 4.74 Å². The van der Waals surface area contributed by atoms with Gasteiger partial charge < -0.3 is 13.9 Å². The highest BCUT2D eigenvalue weighted by Gasteiger charge is 2.16. The van der Waals surface area contributed by atoms with Gasteiger partial charge in [-0.15, -0.1) is 0 Å². The van der Waals surface area contributed by atoms with E-state index in [0.717, 1.165) is 5.56 Å². The first-order valence-corrected chi connectivity index (χ1v) is 6.82. The quantitative estimate of drug-likeness (QED) is 0.685. The molecule has 0 aliphatic heterocycles. The van der Waals surface area contributed by atoms with Crippen molar-refractivity contribution in [3.63, 3.8) is 0 Å². The third-order valence-corrected chi connectivity index (χ3v) is 3.55. The highest BCUT2D eigenvalue weighted by molar-refractivity contribution is 6.34. The van der Waals surface area contributed by atoms with Crippen molar-refractivity contribution in [3.8, 4) is 17.1 Å². The summed E-state index contributed by atoms with van der Waals surface area (Å²) >= 11 is 6.08. The number of carbonyl (C=O) groups is 1. The van der Waals surface area contributed by atoms with Crippen LogP contribution >= 0.6 is 11.6 Å². The average molecular weight is 318 g/mol. The lowest BCUT2D eigenvalue weighted by atomic mass is 10.1. The number of aromatic nitrogens is 1. The van der Waals surface area contributed by atoms with Crippen molar-refractivity contribution in [2.75, 3.05) is 14.2 Å². The van der Waals surface area contributed by atoms with E-state index < -0.39 is 5.97 Å². The number of esters is 1. The molecule has 0 bridgehead atoms. The molecule has 5 nitrogen and oxygen atoms in total. The number of hydrogen-bond donors (Lipinski definition) is 0. The Labute approximate surface area is 131 Å². The van der Waals surface area contributed by atoms with Crippen molar-refractivity contribution in [3.05, 3.63) is 47.1 Å². The summed E-state index contributed by atoms with van der Waals surface area (Å²) in [5.74, 6) is 0.534. The minimum absolute atomic E-state index is 0.348. The van der Waals surface area contributed by atoms with Crippen LogP contribution in [0.25, 0.3) is 22.4 Å². The van der Waals surface area contributed by atoms with Gasteiger partial charge in [0.05, 0.1) is 19.2 Å². The second-order valence-electron chi connectivity index (χ2n) is 4.52. The van der Waals surface area contributed by atoms with Gasteiger partial charge in [0.25, 0.3) is 0 Å². The molecule has 1 aromatic carbocycles. The number of methoxy groups -OCH3 is 2. The largest absolute Gasteiger partial charge is 0.496 e. The van der Waals surface area contributed by atoms with Crippen molar-refractivity contribution in [1.29, 1.82) is 0 Å². The molecule has 0 atom stereocenters. The Morgan fingerprint density at radius 1 is 1.23 bits per heavy atom. The van der Waals surface area contributed by atoms with Crippen LogP contribution in [0.15, 0.2) is 40.9 Å². The first-order valence-electron chi connectivity index (χ1n) is 6.45. The number of fused-ring (bicyclic) bond motifs is 1. The van der Waals surface area contributed by atoms with Gasteiger partial charge in [-0.2, -0.15) is 0 Å². The predicted molar refractivity (Wildman–Crippen MR) is 82.3 cm³/mol. The topological polar surface area (TPSA) is 61.6 Å². The van der Waals surface area contributed by atoms with Gasteiger partial charge >= 0.3 is 5.97 Å². The number of furan rings is 1. The predicted octanol–water partition coefficient (Wildman–Crippen LogP) is 3.94. The van der Waals surface area contributed by atoms with Crippen molar-refractivity contribution >= 4 is 28.7 Å². The normalized spacial score (nSPS) is 10.7. The molecular weight excluding hydrogens is 306 g/mol. The number of halogens is 1. The lowest BCUT2D eigenvalue weighted by Crippen LogP contribution is -2.03. The third kappa shape index (κ3) is 2.40. The number of rotatable bonds is 3. The molecule has 3 aromatic rings. The van der Waals surface area contributed by atoms with Crippen LogP contribution in [0, 0.1) is 0 Å². The fourth-order valence-corrected chi connectivity index (χ4v) is 2.36. The van der Waals surface area contributed by atoms with Gasteiger partial charge in [0.1, 0.15) is 22.6 Å². The molecule has 2 aromatic heterocycles. The maximum Gasteiger partial charge on any atom is 0.341 e. The summed E-state index contributed by atoms with van der Waals surface area (Å²) in [4.78, 5) is 15.9. The van der Waals surface area contributed by atoms with Crippen molar-refractivity contribution in [2.24, 2.45) is 0 Å². The highest BCUT2D eigenvalue weighted by atomic mass is 35.5. The number of ether oxygens (including phenoxy) is 2. The van der Waals surface area contributed by atoms with E-state index in [2.05, 4.69) is 4.98 Å². The molecular formula is C16H12ClNO4. The molecule has 0 aliphatic carbocycles. The Balaban J connectivity index is 2.10. The van der Waals surface area contributed by atoms with E-state index in [4.69, 9.17) is 25.5 Å². The maximum absolute atomic E-state index is 11.7. The zero-order valence-electron chi connectivity index (χ0n) is 11.9. The Kier molecular flexibility index (Phi) is 3.73. The zero-order valence-corrected chi connectivity index (χ0v) is 12.7. The Morgan fingerprint density at radius 3 is 2.73 bits per heavy atom. The van der Waals surface area contributed by atoms with E-state index in [1.165, 1.54) is 14.2 Å². The SMILES string of the molecule is COC(=O)c1ccc(-c2cc3nccc(Cl)c3o2)cc1OC. The van der Waals surface area contributed by atoms with Crippen LogP contribution in [0.5, 0.6) is 5.75 Å². The summed E-state index contributed by atoms with van der Waals surface area (Å²) in [6, 6.07) is 8.53. The van der Waals surface area contributed by atoms with E-state index in [-0.39, 0.29) is 0 Å². The van der Waals surface area contributed by atoms with Crippen molar-refractivity contribution in [2.45, 2.75) is 0 Å². The first kappa shape index (κ1) is 14.4. The van der Waals surface area contributed by atoms with E-state index in [9.17, 15) is 4.79 Å². The number of carbonyl (C=O) groups excluding carboxylic acids is 1. The van der Waals surface area contributed by atoms with Crippen LogP contribution in [0.4, 0.5) is 0 Å². The molecule has 6 heteroatoms. The smallest absolute Gasteiger partial charge is 0.341 e. The van der Waals surface area contributed by atoms with Gasteiger partial charge in [-0.3, -0.25) is 4.98 Å². The third-order valence-electron chi connectivity index (χ3n) is 3.26. The summed E-state index contributed by atoms with van der Waals surface area (Å²) in [6.45, 7) is 0. The van der Waals surface area contributed by atoms with E-state index >= 15 is 0 Å². The summed E-state index contributed by atoms with van der Waals surface area (Å²) in [5, 5.41) is 0.495. The number of pyridine rings is 1. The number of benzene rings is 1. The van der Waals surface area contributed by atoms with Gasteiger partial charge in [0.15, 0.2) is 5.58 Å². The van der Waals surface area contributed by atoms with Gasteiger partial charge in [-0.05, 0) is 18.2 Å². The molecule has 0 aliphatic rings. The van der Waals surface area contributed by atoms with E-state index in [1.54, 1.807) is 36.5 Å². The summed E-state index contributed by atoms with van der Waals surface area (Å²) in [6.07, 6.45) is 1.62. The fourth-order valence-electron chi connectivity index (χ4n) is 2.17. The Morgan fingerprint density at radius 2 is 2.05 bits per heavy atom. The fraction of sp³-hybridized carbons (Fsp3) is 0.125. The molecule has 22 heavy (non-hydrogen) atoms. The van der Waals surface area contributed by atoms with Crippen LogP contribution in [0.3, 0.4) is 0 Å². The van der Waals surface area contributed by atoms with Crippen LogP contribution in [0.2, 0.25) is 5.02 Å². The molecule has 112 valence electrons. The second kappa shape index (κ2) is 5.69. The van der Waals surface area contributed by atoms with Crippen LogP contribution in [0.1, 0.15) is 10.4 Å². The van der Waals surface area contributed by atoms with Crippen molar-refractivity contribution < 1.29 is 18.7 Å². The zero-order chi connectivity index (χ0) is 15.7.